The van der Waals surface area contributed by atoms with Crippen LogP contribution in [0.15, 0.2) is 0 Å². The number of hydrogen-bond donors (Lipinski definition) is 0. The molecule has 0 atom stereocenters. The molecule has 1 aliphatic heterocycles. The fraction of sp³-hybridized carbons (Fsp3) is 1.00. The smallest absolute Gasteiger partial charge is 0.0419 e. The van der Waals surface area contributed by atoms with Crippen molar-refractivity contribution in [3.8, 4) is 0 Å². The van der Waals surface area contributed by atoms with Crippen LogP contribution in [0.2, 0.25) is 49.7 Å². The Kier molecular flexibility index (Phi) is 2.52. The van der Waals surface area contributed by atoms with Crippen molar-refractivity contribution in [2.75, 3.05) is 0 Å². The first-order valence-electron chi connectivity index (χ1n) is 4.62. The van der Waals surface area contributed by atoms with E-state index in [-0.39, 0.29) is 8.80 Å². The molecule has 0 spiro atoms. The lowest BCUT2D eigenvalue weighted by atomic mass is 11.7. The monoisotopic (exact) mass is 201 g/mol. The van der Waals surface area contributed by atoms with Crippen LogP contribution in [0.25, 0.3) is 0 Å². The minimum absolute atomic E-state index is 0.117. The fourth-order valence-electron chi connectivity index (χ4n) is 3.12. The molecule has 11 heavy (non-hydrogen) atoms. The average molecular weight is 202 g/mol. The van der Waals surface area contributed by atoms with E-state index in [9.17, 15) is 0 Å². The van der Waals surface area contributed by atoms with Gasteiger partial charge in [-0.05, 0) is 0 Å². The van der Waals surface area contributed by atoms with Crippen molar-refractivity contribution in [3.05, 3.63) is 0 Å². The summed E-state index contributed by atoms with van der Waals surface area (Å²) in [5, 5.41) is 0. The van der Waals surface area contributed by atoms with Gasteiger partial charge in [0.05, 0.1) is 0 Å². The first kappa shape index (κ1) is 9.74. The maximum atomic E-state index is 2.61. The standard InChI is InChI=1S/C8H21Si3/c1-9-6-10(2,3)8-11(4,5)7-9/h6-8H2,1-5H3. The van der Waals surface area contributed by atoms with Crippen molar-refractivity contribution < 1.29 is 0 Å². The third kappa shape index (κ3) is 2.87. The highest BCUT2D eigenvalue weighted by atomic mass is 28.4. The summed E-state index contributed by atoms with van der Waals surface area (Å²) in [6.07, 6.45) is 0. The molecule has 0 aromatic heterocycles. The van der Waals surface area contributed by atoms with Crippen LogP contribution in [0.3, 0.4) is 0 Å². The van der Waals surface area contributed by atoms with E-state index in [0.717, 1.165) is 0 Å². The Bertz CT molecular complexity index is 135. The quantitative estimate of drug-likeness (QED) is 0.528. The van der Waals surface area contributed by atoms with E-state index in [1.165, 1.54) is 0 Å². The second kappa shape index (κ2) is 2.85. The Hall–Kier alpha value is 0.651. The summed E-state index contributed by atoms with van der Waals surface area (Å²) < 4.78 is 0. The molecule has 1 fully saturated rings. The molecule has 0 nitrogen and oxygen atoms in total. The third-order valence-electron chi connectivity index (χ3n) is 2.52. The molecule has 0 unspecified atom stereocenters. The van der Waals surface area contributed by atoms with E-state index in [1.54, 1.807) is 17.0 Å². The predicted molar refractivity (Wildman–Crippen MR) is 61.0 cm³/mol. The van der Waals surface area contributed by atoms with Gasteiger partial charge < -0.3 is 0 Å². The zero-order valence-corrected chi connectivity index (χ0v) is 11.6. The lowest BCUT2D eigenvalue weighted by Gasteiger charge is -2.40. The minimum atomic E-state index is -0.682. The van der Waals surface area contributed by atoms with Crippen LogP contribution in [0.1, 0.15) is 0 Å². The van der Waals surface area contributed by atoms with E-state index in [2.05, 4.69) is 32.7 Å². The second-order valence-electron chi connectivity index (χ2n) is 5.82. The normalized spacial score (nSPS) is 30.3. The molecule has 0 amide bonds. The van der Waals surface area contributed by atoms with Gasteiger partial charge in [0.1, 0.15) is 0 Å². The van der Waals surface area contributed by atoms with Gasteiger partial charge in [0.25, 0.3) is 0 Å². The predicted octanol–water partition coefficient (Wildman–Crippen LogP) is 3.16. The van der Waals surface area contributed by atoms with Crippen molar-refractivity contribution in [2.45, 2.75) is 49.7 Å². The van der Waals surface area contributed by atoms with Crippen LogP contribution in [0.5, 0.6) is 0 Å². The summed E-state index contributed by atoms with van der Waals surface area (Å²) in [6.45, 7) is 13.0. The highest BCUT2D eigenvalue weighted by molar-refractivity contribution is 7.07. The van der Waals surface area contributed by atoms with Gasteiger partial charge in [0.15, 0.2) is 0 Å². The highest BCUT2D eigenvalue weighted by Crippen LogP contribution is 2.34. The summed E-state index contributed by atoms with van der Waals surface area (Å²) >= 11 is 0. The molecule has 3 heteroatoms. The van der Waals surface area contributed by atoms with Crippen molar-refractivity contribution >= 4 is 24.9 Å². The van der Waals surface area contributed by atoms with E-state index in [4.69, 9.17) is 0 Å². The van der Waals surface area contributed by atoms with Crippen molar-refractivity contribution in [1.82, 2.24) is 0 Å². The van der Waals surface area contributed by atoms with Crippen molar-refractivity contribution in [3.63, 3.8) is 0 Å². The van der Waals surface area contributed by atoms with Gasteiger partial charge in [-0.3, -0.25) is 0 Å². The van der Waals surface area contributed by atoms with Gasteiger partial charge in [-0.1, -0.05) is 49.7 Å². The number of rotatable bonds is 0. The van der Waals surface area contributed by atoms with Gasteiger partial charge in [-0.15, -0.1) is 0 Å². The van der Waals surface area contributed by atoms with Crippen LogP contribution in [0, 0.1) is 0 Å². The van der Waals surface area contributed by atoms with Crippen molar-refractivity contribution in [1.29, 1.82) is 0 Å². The summed E-state index contributed by atoms with van der Waals surface area (Å²) in [5.41, 5.74) is 5.07. The fourth-order valence-corrected chi connectivity index (χ4v) is 31.4. The lowest BCUT2D eigenvalue weighted by Crippen LogP contribution is -2.49. The van der Waals surface area contributed by atoms with Gasteiger partial charge in [0, 0.05) is 24.9 Å². The first-order valence-corrected chi connectivity index (χ1v) is 13.9. The highest BCUT2D eigenvalue weighted by Gasteiger charge is 2.39. The largest absolute Gasteiger partial charge is 0.0715 e. The van der Waals surface area contributed by atoms with Crippen molar-refractivity contribution in [2.24, 2.45) is 0 Å². The average Bonchev–Trinajstić information content (AvgIpc) is 1.49. The van der Waals surface area contributed by atoms with E-state index in [0.29, 0.717) is 0 Å². The second-order valence-corrected chi connectivity index (χ2v) is 20.6. The van der Waals surface area contributed by atoms with Crippen LogP contribution in [-0.4, -0.2) is 24.9 Å². The van der Waals surface area contributed by atoms with Gasteiger partial charge in [-0.25, -0.2) is 0 Å². The molecular weight excluding hydrogens is 180 g/mol. The van der Waals surface area contributed by atoms with Gasteiger partial charge >= 0.3 is 0 Å². The topological polar surface area (TPSA) is 0 Å². The molecule has 1 heterocycles. The van der Waals surface area contributed by atoms with Crippen LogP contribution in [0.4, 0.5) is 0 Å². The summed E-state index contributed by atoms with van der Waals surface area (Å²) in [6, 6.07) is 0. The van der Waals surface area contributed by atoms with E-state index >= 15 is 0 Å². The Labute approximate surface area is 75.0 Å². The molecule has 1 rings (SSSR count). The maximum Gasteiger partial charge on any atom is 0.0419 e. The summed E-state index contributed by atoms with van der Waals surface area (Å²) in [5.74, 6) is 0. The summed E-state index contributed by atoms with van der Waals surface area (Å²) in [7, 11) is -1.25. The van der Waals surface area contributed by atoms with E-state index in [1.807, 2.05) is 0 Å². The zero-order chi connectivity index (χ0) is 8.70. The first-order chi connectivity index (χ1) is 4.81. The Morgan fingerprint density at radius 3 is 1.55 bits per heavy atom. The molecule has 1 aliphatic rings. The molecule has 0 N–H and O–H groups in total. The van der Waals surface area contributed by atoms with Gasteiger partial charge in [-0.2, -0.15) is 0 Å². The lowest BCUT2D eigenvalue weighted by molar-refractivity contribution is 1.39. The third-order valence-corrected chi connectivity index (χ3v) is 22.7. The molecule has 65 valence electrons. The van der Waals surface area contributed by atoms with Crippen LogP contribution < -0.4 is 0 Å². The molecule has 1 radical (unpaired) electrons. The molecule has 1 saturated heterocycles. The molecule has 0 aliphatic carbocycles. The Morgan fingerprint density at radius 2 is 1.27 bits per heavy atom. The van der Waals surface area contributed by atoms with Crippen LogP contribution >= 0.6 is 0 Å². The van der Waals surface area contributed by atoms with Crippen LogP contribution in [-0.2, 0) is 0 Å². The SMILES string of the molecule is C[Si]1C[Si](C)(C)C[Si](C)(C)C1. The Morgan fingerprint density at radius 1 is 0.909 bits per heavy atom. The molecule has 0 aromatic carbocycles. The molecule has 0 bridgehead atoms. The zero-order valence-electron chi connectivity index (χ0n) is 8.62. The minimum Gasteiger partial charge on any atom is -0.0715 e. The molecule has 0 aromatic rings. The molecular formula is C8H21Si3. The van der Waals surface area contributed by atoms with E-state index < -0.39 is 16.1 Å². The summed E-state index contributed by atoms with van der Waals surface area (Å²) in [4.78, 5) is 0. The van der Waals surface area contributed by atoms with Gasteiger partial charge in [0.2, 0.25) is 0 Å². The molecule has 0 saturated carbocycles. The maximum absolute atomic E-state index is 2.61. The number of hydrogen-bond acceptors (Lipinski definition) is 0. The Balaban J connectivity index is 2.66.